The summed E-state index contributed by atoms with van der Waals surface area (Å²) in [5.74, 6) is 0. The zero-order valence-corrected chi connectivity index (χ0v) is 15.7. The number of benzene rings is 1. The van der Waals surface area contributed by atoms with Crippen molar-refractivity contribution < 1.29 is 26.8 Å². The molecule has 1 aromatic rings. The summed E-state index contributed by atoms with van der Waals surface area (Å²) in [5.41, 5.74) is 0.169. The maximum atomic E-state index is 12.4. The Morgan fingerprint density at radius 3 is 2.62 bits per heavy atom. The number of anilines is 1. The highest BCUT2D eigenvalue weighted by Gasteiger charge is 2.31. The van der Waals surface area contributed by atoms with Gasteiger partial charge in [0.05, 0.1) is 23.5 Å². The Morgan fingerprint density at radius 1 is 1.31 bits per heavy atom. The van der Waals surface area contributed by atoms with Crippen LogP contribution in [0.25, 0.3) is 0 Å². The monoisotopic (exact) mass is 428 g/mol. The number of hydrogen-bond acceptors (Lipinski definition) is 8. The van der Waals surface area contributed by atoms with Gasteiger partial charge in [-0.05, 0) is 31.4 Å². The summed E-state index contributed by atoms with van der Waals surface area (Å²) in [4.78, 5) is 13.5. The van der Waals surface area contributed by atoms with Crippen molar-refractivity contribution in [1.29, 1.82) is 0 Å². The van der Waals surface area contributed by atoms with Gasteiger partial charge in [-0.25, -0.2) is 22.0 Å². The molecule has 14 heteroatoms. The lowest BCUT2D eigenvalue weighted by atomic mass is 10.1. The molecule has 2 rings (SSSR count). The van der Waals surface area contributed by atoms with Crippen LogP contribution in [0.2, 0.25) is 5.02 Å². The second kappa shape index (κ2) is 7.92. The molecule has 1 aromatic carbocycles. The average Bonchev–Trinajstić information content (AvgIpc) is 2.47. The average molecular weight is 429 g/mol. The third-order valence-electron chi connectivity index (χ3n) is 3.59. The van der Waals surface area contributed by atoms with E-state index in [1.54, 1.807) is 0 Å². The number of nitrogens with one attached hydrogen (secondary N) is 2. The molecule has 0 aliphatic carbocycles. The van der Waals surface area contributed by atoms with Gasteiger partial charge in [0, 0.05) is 0 Å². The first-order chi connectivity index (χ1) is 12.0. The molecule has 0 spiro atoms. The second-order valence-electron chi connectivity index (χ2n) is 5.55. The molecule has 0 saturated heterocycles. The fourth-order valence-corrected chi connectivity index (χ4v) is 4.99. The standard InChI is InChI=1S/C12H17ClN4O7S2/c13-8-6-9-11(7-10(8)25(14,20)21)26(22,23)16-12(15-9)4-2-1-3-5-24-17(18)19/h6-7,12,15-16H,1-5H2,(H2,14,20,21). The number of halogens is 1. The largest absolute Gasteiger partial charge is 0.368 e. The third kappa shape index (κ3) is 5.17. The molecule has 0 amide bonds. The van der Waals surface area contributed by atoms with Gasteiger partial charge >= 0.3 is 0 Å². The van der Waals surface area contributed by atoms with Crippen LogP contribution < -0.4 is 15.2 Å². The Kier molecular flexibility index (Phi) is 6.29. The normalized spacial score (nSPS) is 18.6. The van der Waals surface area contributed by atoms with Crippen LogP contribution in [0.4, 0.5) is 5.69 Å². The Balaban J connectivity index is 2.06. The molecule has 0 bridgehead atoms. The molecule has 1 atom stereocenters. The van der Waals surface area contributed by atoms with Crippen LogP contribution in [0.15, 0.2) is 21.9 Å². The van der Waals surface area contributed by atoms with E-state index in [2.05, 4.69) is 14.9 Å². The molecule has 146 valence electrons. The van der Waals surface area contributed by atoms with Crippen LogP contribution in [0.1, 0.15) is 25.7 Å². The van der Waals surface area contributed by atoms with E-state index < -0.39 is 36.2 Å². The highest BCUT2D eigenvalue weighted by Crippen LogP contribution is 2.34. The van der Waals surface area contributed by atoms with Gasteiger partial charge in [-0.1, -0.05) is 18.0 Å². The number of primary sulfonamides is 1. The Labute approximate surface area is 155 Å². The summed E-state index contributed by atoms with van der Waals surface area (Å²) in [5, 5.41) is 16.9. The molecule has 1 heterocycles. The zero-order chi connectivity index (χ0) is 19.5. The van der Waals surface area contributed by atoms with Crippen LogP contribution in [-0.2, 0) is 24.9 Å². The number of fused-ring (bicyclic) bond motifs is 1. The molecule has 0 fully saturated rings. The lowest BCUT2D eigenvalue weighted by Crippen LogP contribution is -2.44. The second-order valence-corrected chi connectivity index (χ2v) is 9.17. The Hall–Kier alpha value is -1.67. The maximum Gasteiger partial charge on any atom is 0.294 e. The molecular formula is C12H17ClN4O7S2. The van der Waals surface area contributed by atoms with Gasteiger partial charge in [0.2, 0.25) is 20.0 Å². The number of sulfonamides is 2. The van der Waals surface area contributed by atoms with Gasteiger partial charge in [-0.15, -0.1) is 10.1 Å². The smallest absolute Gasteiger partial charge is 0.294 e. The van der Waals surface area contributed by atoms with Crippen molar-refractivity contribution in [2.75, 3.05) is 11.9 Å². The van der Waals surface area contributed by atoms with Gasteiger partial charge in [-0.3, -0.25) is 0 Å². The van der Waals surface area contributed by atoms with Crippen molar-refractivity contribution in [1.82, 2.24) is 4.72 Å². The van der Waals surface area contributed by atoms with Gasteiger partial charge < -0.3 is 10.2 Å². The van der Waals surface area contributed by atoms with Crippen LogP contribution in [0.5, 0.6) is 0 Å². The minimum Gasteiger partial charge on any atom is -0.368 e. The highest BCUT2D eigenvalue weighted by molar-refractivity contribution is 7.90. The first-order valence-electron chi connectivity index (χ1n) is 7.43. The number of rotatable bonds is 8. The quantitative estimate of drug-likeness (QED) is 0.309. The minimum absolute atomic E-state index is 0.0222. The van der Waals surface area contributed by atoms with Crippen LogP contribution in [0.3, 0.4) is 0 Å². The molecule has 0 radical (unpaired) electrons. The van der Waals surface area contributed by atoms with Gasteiger partial charge in [-0.2, -0.15) is 4.72 Å². The molecule has 1 unspecified atom stereocenters. The highest BCUT2D eigenvalue weighted by atomic mass is 35.5. The van der Waals surface area contributed by atoms with Crippen molar-refractivity contribution in [3.05, 3.63) is 27.3 Å². The molecule has 0 aromatic heterocycles. The summed E-state index contributed by atoms with van der Waals surface area (Å²) in [6.07, 6.45) is 1.43. The van der Waals surface area contributed by atoms with Crippen LogP contribution >= 0.6 is 11.6 Å². The minimum atomic E-state index is -4.17. The zero-order valence-electron chi connectivity index (χ0n) is 13.3. The van der Waals surface area contributed by atoms with Gasteiger partial charge in [0.15, 0.2) is 0 Å². The SMILES string of the molecule is NS(=O)(=O)c1cc2c(cc1Cl)NC(CCCCCO[N+](=O)[O-])NS2(=O)=O. The van der Waals surface area contributed by atoms with Gasteiger partial charge in [0.25, 0.3) is 5.09 Å². The van der Waals surface area contributed by atoms with Gasteiger partial charge in [0.1, 0.15) is 9.79 Å². The molecule has 4 N–H and O–H groups in total. The molecule has 1 aliphatic rings. The molecule has 0 saturated carbocycles. The predicted molar refractivity (Wildman–Crippen MR) is 92.0 cm³/mol. The van der Waals surface area contributed by atoms with Crippen molar-refractivity contribution >= 4 is 37.3 Å². The summed E-state index contributed by atoms with van der Waals surface area (Å²) >= 11 is 5.89. The fourth-order valence-electron chi connectivity index (χ4n) is 2.45. The first kappa shape index (κ1) is 20.6. The first-order valence-corrected chi connectivity index (χ1v) is 10.8. The van der Waals surface area contributed by atoms with E-state index in [-0.39, 0.29) is 22.2 Å². The van der Waals surface area contributed by atoms with E-state index in [4.69, 9.17) is 16.7 Å². The fraction of sp³-hybridized carbons (Fsp3) is 0.500. The Bertz CT molecular complexity index is 904. The van der Waals surface area contributed by atoms with Crippen molar-refractivity contribution in [3.8, 4) is 0 Å². The van der Waals surface area contributed by atoms with Crippen molar-refractivity contribution in [3.63, 3.8) is 0 Å². The van der Waals surface area contributed by atoms with Crippen molar-refractivity contribution in [2.24, 2.45) is 5.14 Å². The summed E-state index contributed by atoms with van der Waals surface area (Å²) in [6, 6.07) is 2.11. The van der Waals surface area contributed by atoms with Crippen LogP contribution in [0, 0.1) is 10.1 Å². The third-order valence-corrected chi connectivity index (χ3v) is 6.48. The Morgan fingerprint density at radius 2 is 2.00 bits per heavy atom. The van der Waals surface area contributed by atoms with E-state index in [1.807, 2.05) is 0 Å². The predicted octanol–water partition coefficient (Wildman–Crippen LogP) is 0.786. The summed E-state index contributed by atoms with van der Waals surface area (Å²) in [7, 11) is -8.13. The number of nitrogens with zero attached hydrogens (tertiary/aromatic N) is 1. The van der Waals surface area contributed by atoms with E-state index in [9.17, 15) is 26.9 Å². The number of hydrogen-bond donors (Lipinski definition) is 3. The van der Waals surface area contributed by atoms with E-state index in [1.165, 1.54) is 6.07 Å². The van der Waals surface area contributed by atoms with E-state index in [0.717, 1.165) is 6.07 Å². The molecular weight excluding hydrogens is 412 g/mol. The van der Waals surface area contributed by atoms with Crippen LogP contribution in [-0.4, -0.2) is 34.7 Å². The lowest BCUT2D eigenvalue weighted by Gasteiger charge is -2.28. The molecule has 26 heavy (non-hydrogen) atoms. The lowest BCUT2D eigenvalue weighted by molar-refractivity contribution is -0.757. The molecule has 1 aliphatic heterocycles. The number of nitrogens with two attached hydrogens (primary N) is 1. The number of unbranched alkanes of at least 4 members (excludes halogenated alkanes) is 2. The van der Waals surface area contributed by atoms with Crippen molar-refractivity contribution in [2.45, 2.75) is 41.6 Å². The summed E-state index contributed by atoms with van der Waals surface area (Å²) in [6.45, 7) is -0.0222. The maximum absolute atomic E-state index is 12.4. The topological polar surface area (TPSA) is 171 Å². The summed E-state index contributed by atoms with van der Waals surface area (Å²) < 4.78 is 50.1. The van der Waals surface area contributed by atoms with E-state index >= 15 is 0 Å². The van der Waals surface area contributed by atoms with E-state index in [0.29, 0.717) is 25.7 Å². The molecule has 11 nitrogen and oxygen atoms in total.